The van der Waals surface area contributed by atoms with E-state index >= 15 is 0 Å². The number of benzene rings is 1. The number of hydrogen-bond donors (Lipinski definition) is 2. The number of carboxylic acids is 1. The number of aromatic carboxylic acids is 1. The number of H-pyrrole nitrogens is 1. The molecule has 2 N–H and O–H groups in total. The molecule has 0 spiro atoms. The normalized spacial score (nSPS) is 10.7. The lowest BCUT2D eigenvalue weighted by Gasteiger charge is -2.14. The quantitative estimate of drug-likeness (QED) is 0.886. The van der Waals surface area contributed by atoms with Crippen molar-refractivity contribution in [2.75, 3.05) is 7.11 Å². The molecule has 0 saturated carbocycles. The zero-order valence-electron chi connectivity index (χ0n) is 11.1. The molecule has 0 saturated heterocycles. The van der Waals surface area contributed by atoms with Gasteiger partial charge in [-0.05, 0) is 23.6 Å². The lowest BCUT2D eigenvalue weighted by molar-refractivity contribution is 0.0690. The summed E-state index contributed by atoms with van der Waals surface area (Å²) in [6.45, 7) is 4.16. The number of nitrogens with one attached hydrogen (secondary N) is 1. The highest BCUT2D eigenvalue weighted by Crippen LogP contribution is 2.35. The molecule has 2 rings (SSSR count). The third-order valence-electron chi connectivity index (χ3n) is 2.96. The van der Waals surface area contributed by atoms with E-state index in [2.05, 4.69) is 24.0 Å². The van der Waals surface area contributed by atoms with Crippen LogP contribution in [0.3, 0.4) is 0 Å². The second kappa shape index (κ2) is 5.14. The van der Waals surface area contributed by atoms with Crippen LogP contribution in [-0.2, 0) is 0 Å². The number of para-hydroxylation sites is 1. The molecule has 0 aliphatic carbocycles. The van der Waals surface area contributed by atoms with Gasteiger partial charge in [0.15, 0.2) is 0 Å². The Morgan fingerprint density at radius 1 is 1.42 bits per heavy atom. The van der Waals surface area contributed by atoms with E-state index in [4.69, 9.17) is 9.84 Å². The molecule has 1 heterocycles. The topological polar surface area (TPSA) is 75.2 Å². The molecule has 0 fully saturated rings. The van der Waals surface area contributed by atoms with Gasteiger partial charge in [-0.3, -0.25) is 5.10 Å². The highest BCUT2D eigenvalue weighted by molar-refractivity contribution is 5.87. The lowest BCUT2D eigenvalue weighted by Crippen LogP contribution is -1.96. The Morgan fingerprint density at radius 3 is 2.68 bits per heavy atom. The Labute approximate surface area is 111 Å². The molecule has 19 heavy (non-hydrogen) atoms. The standard InChI is InChI=1S/C14H16N2O3/c1-8(2)9-5-4-6-10(13(9)19-3)11-7-12(14(17)18)16-15-11/h4-8H,1-3H3,(H,15,16)(H,17,18). The number of carboxylic acid groups (broad SMARTS) is 1. The molecule has 1 aromatic heterocycles. The molecule has 0 aliphatic heterocycles. The van der Waals surface area contributed by atoms with Crippen LogP contribution < -0.4 is 4.74 Å². The summed E-state index contributed by atoms with van der Waals surface area (Å²) in [5, 5.41) is 15.4. The summed E-state index contributed by atoms with van der Waals surface area (Å²) in [4.78, 5) is 10.9. The van der Waals surface area contributed by atoms with Gasteiger partial charge in [-0.1, -0.05) is 26.0 Å². The van der Waals surface area contributed by atoms with Crippen LogP contribution in [0.25, 0.3) is 11.3 Å². The van der Waals surface area contributed by atoms with Gasteiger partial charge in [-0.25, -0.2) is 4.79 Å². The fraction of sp³-hybridized carbons (Fsp3) is 0.286. The molecule has 5 heteroatoms. The summed E-state index contributed by atoms with van der Waals surface area (Å²) < 4.78 is 5.46. The first-order valence-corrected chi connectivity index (χ1v) is 6.00. The zero-order valence-corrected chi connectivity index (χ0v) is 11.1. The van der Waals surface area contributed by atoms with Gasteiger partial charge in [-0.15, -0.1) is 0 Å². The molecular weight excluding hydrogens is 244 g/mol. The second-order valence-corrected chi connectivity index (χ2v) is 4.55. The van der Waals surface area contributed by atoms with Crippen molar-refractivity contribution in [1.82, 2.24) is 10.2 Å². The molecule has 0 unspecified atom stereocenters. The van der Waals surface area contributed by atoms with Crippen molar-refractivity contribution in [3.63, 3.8) is 0 Å². The predicted molar refractivity (Wildman–Crippen MR) is 71.6 cm³/mol. The lowest BCUT2D eigenvalue weighted by atomic mass is 9.98. The minimum atomic E-state index is -1.03. The Hall–Kier alpha value is -2.30. The smallest absolute Gasteiger partial charge is 0.353 e. The number of methoxy groups -OCH3 is 1. The Kier molecular flexibility index (Phi) is 3.55. The third-order valence-corrected chi connectivity index (χ3v) is 2.96. The molecule has 0 radical (unpaired) electrons. The summed E-state index contributed by atoms with van der Waals surface area (Å²) in [7, 11) is 1.61. The average Bonchev–Trinajstić information content (AvgIpc) is 2.87. The number of carbonyl (C=O) groups is 1. The molecule has 0 atom stereocenters. The Morgan fingerprint density at radius 2 is 2.16 bits per heavy atom. The number of aromatic amines is 1. The van der Waals surface area contributed by atoms with E-state index in [0.717, 1.165) is 16.9 Å². The van der Waals surface area contributed by atoms with Gasteiger partial charge in [-0.2, -0.15) is 5.10 Å². The van der Waals surface area contributed by atoms with Crippen molar-refractivity contribution in [1.29, 1.82) is 0 Å². The van der Waals surface area contributed by atoms with Crippen LogP contribution >= 0.6 is 0 Å². The van der Waals surface area contributed by atoms with Gasteiger partial charge in [0.25, 0.3) is 0 Å². The van der Waals surface area contributed by atoms with Gasteiger partial charge in [0.2, 0.25) is 0 Å². The Bertz CT molecular complexity index is 602. The van der Waals surface area contributed by atoms with Gasteiger partial charge < -0.3 is 9.84 Å². The van der Waals surface area contributed by atoms with E-state index in [1.54, 1.807) is 7.11 Å². The molecular formula is C14H16N2O3. The minimum absolute atomic E-state index is 0.0620. The first-order valence-electron chi connectivity index (χ1n) is 6.00. The van der Waals surface area contributed by atoms with Gasteiger partial charge >= 0.3 is 5.97 Å². The average molecular weight is 260 g/mol. The SMILES string of the molecule is COc1c(-c2cc(C(=O)O)[nH]n2)cccc1C(C)C. The van der Waals surface area contributed by atoms with E-state index in [1.807, 2.05) is 18.2 Å². The number of rotatable bonds is 4. The summed E-state index contributed by atoms with van der Waals surface area (Å²) in [6.07, 6.45) is 0. The summed E-state index contributed by atoms with van der Waals surface area (Å²) in [5.74, 6) is 0.0199. The van der Waals surface area contributed by atoms with Crippen molar-refractivity contribution in [3.8, 4) is 17.0 Å². The van der Waals surface area contributed by atoms with E-state index in [0.29, 0.717) is 11.6 Å². The molecule has 0 bridgehead atoms. The maximum Gasteiger partial charge on any atom is 0.353 e. The minimum Gasteiger partial charge on any atom is -0.496 e. The van der Waals surface area contributed by atoms with Crippen LogP contribution in [0.4, 0.5) is 0 Å². The summed E-state index contributed by atoms with van der Waals surface area (Å²) >= 11 is 0. The highest BCUT2D eigenvalue weighted by Gasteiger charge is 2.16. The van der Waals surface area contributed by atoms with E-state index in [1.165, 1.54) is 6.07 Å². The molecule has 5 nitrogen and oxygen atoms in total. The highest BCUT2D eigenvalue weighted by atomic mass is 16.5. The van der Waals surface area contributed by atoms with Crippen LogP contribution in [0.1, 0.15) is 35.8 Å². The fourth-order valence-corrected chi connectivity index (χ4v) is 2.01. The van der Waals surface area contributed by atoms with Gasteiger partial charge in [0.05, 0.1) is 12.8 Å². The summed E-state index contributed by atoms with van der Waals surface area (Å²) in [5.41, 5.74) is 2.49. The van der Waals surface area contributed by atoms with Crippen LogP contribution in [0, 0.1) is 0 Å². The molecule has 1 aromatic carbocycles. The zero-order chi connectivity index (χ0) is 14.0. The monoisotopic (exact) mass is 260 g/mol. The Balaban J connectivity index is 2.54. The fourth-order valence-electron chi connectivity index (χ4n) is 2.01. The predicted octanol–water partition coefficient (Wildman–Crippen LogP) is 2.91. The van der Waals surface area contributed by atoms with Crippen molar-refractivity contribution in [2.24, 2.45) is 0 Å². The van der Waals surface area contributed by atoms with E-state index in [9.17, 15) is 4.79 Å². The first-order chi connectivity index (χ1) is 9.04. The van der Waals surface area contributed by atoms with Crippen LogP contribution in [0.15, 0.2) is 24.3 Å². The van der Waals surface area contributed by atoms with Crippen molar-refractivity contribution in [3.05, 3.63) is 35.5 Å². The third kappa shape index (κ3) is 2.45. The van der Waals surface area contributed by atoms with Crippen LogP contribution in [0.2, 0.25) is 0 Å². The molecule has 100 valence electrons. The maximum absolute atomic E-state index is 10.9. The summed E-state index contributed by atoms with van der Waals surface area (Å²) in [6, 6.07) is 7.29. The van der Waals surface area contributed by atoms with Crippen LogP contribution in [0.5, 0.6) is 5.75 Å². The van der Waals surface area contributed by atoms with E-state index < -0.39 is 5.97 Å². The van der Waals surface area contributed by atoms with Crippen molar-refractivity contribution >= 4 is 5.97 Å². The number of ether oxygens (including phenoxy) is 1. The first kappa shape index (κ1) is 13.1. The van der Waals surface area contributed by atoms with Crippen molar-refractivity contribution < 1.29 is 14.6 Å². The largest absolute Gasteiger partial charge is 0.496 e. The molecule has 0 amide bonds. The van der Waals surface area contributed by atoms with Crippen LogP contribution in [-0.4, -0.2) is 28.4 Å². The number of nitrogens with zero attached hydrogens (tertiary/aromatic N) is 1. The van der Waals surface area contributed by atoms with Gasteiger partial charge in [0.1, 0.15) is 11.4 Å². The van der Waals surface area contributed by atoms with Crippen molar-refractivity contribution in [2.45, 2.75) is 19.8 Å². The van der Waals surface area contributed by atoms with E-state index in [-0.39, 0.29) is 5.69 Å². The molecule has 2 aromatic rings. The molecule has 0 aliphatic rings. The maximum atomic E-state index is 10.9. The van der Waals surface area contributed by atoms with Gasteiger partial charge in [0, 0.05) is 5.56 Å². The second-order valence-electron chi connectivity index (χ2n) is 4.55. The number of aromatic nitrogens is 2. The number of hydrogen-bond acceptors (Lipinski definition) is 3.